The molecule has 7 heteroatoms. The van der Waals surface area contributed by atoms with Gasteiger partial charge in [0.25, 0.3) is 0 Å². The Morgan fingerprint density at radius 1 is 1.27 bits per heavy atom. The fourth-order valence-electron chi connectivity index (χ4n) is 3.29. The zero-order chi connectivity index (χ0) is 15.3. The maximum absolute atomic E-state index is 12.6. The highest BCUT2D eigenvalue weighted by atomic mass is 32.2. The van der Waals surface area contributed by atoms with Gasteiger partial charge in [-0.15, -0.1) is 0 Å². The molecule has 0 saturated heterocycles. The maximum atomic E-state index is 12.6. The Hall–Kier alpha value is -0.920. The van der Waals surface area contributed by atoms with Gasteiger partial charge in [0.2, 0.25) is 10.0 Å². The van der Waals surface area contributed by atoms with E-state index in [2.05, 4.69) is 5.10 Å². The quantitative estimate of drug-likeness (QED) is 0.789. The molecule has 3 aliphatic rings. The van der Waals surface area contributed by atoms with Crippen LogP contribution in [0.5, 0.6) is 0 Å². The highest BCUT2D eigenvalue weighted by Gasteiger charge is 2.43. The van der Waals surface area contributed by atoms with Gasteiger partial charge in [0.15, 0.2) is 0 Å². The zero-order valence-electron chi connectivity index (χ0n) is 12.9. The van der Waals surface area contributed by atoms with Crippen LogP contribution < -0.4 is 0 Å². The van der Waals surface area contributed by atoms with Crippen molar-refractivity contribution in [2.45, 2.75) is 43.4 Å². The van der Waals surface area contributed by atoms with Crippen LogP contribution in [0.15, 0.2) is 6.20 Å². The summed E-state index contributed by atoms with van der Waals surface area (Å²) in [5.41, 5.74) is 2.16. The Balaban J connectivity index is 1.53. The first-order valence-electron chi connectivity index (χ1n) is 8.13. The smallest absolute Gasteiger partial charge is 0.217 e. The molecular weight excluding hydrogens is 302 g/mol. The lowest BCUT2D eigenvalue weighted by Crippen LogP contribution is -2.41. The molecule has 22 heavy (non-hydrogen) atoms. The Kier molecular flexibility index (Phi) is 3.54. The van der Waals surface area contributed by atoms with Crippen LogP contribution in [0.4, 0.5) is 0 Å². The first-order valence-corrected chi connectivity index (χ1v) is 9.63. The number of aromatic nitrogens is 2. The van der Waals surface area contributed by atoms with Crippen LogP contribution in [0.25, 0.3) is 0 Å². The molecule has 2 aliphatic carbocycles. The van der Waals surface area contributed by atoms with Gasteiger partial charge < -0.3 is 4.74 Å². The van der Waals surface area contributed by atoms with Gasteiger partial charge in [0, 0.05) is 43.9 Å². The Bertz CT molecular complexity index is 662. The summed E-state index contributed by atoms with van der Waals surface area (Å²) >= 11 is 0. The van der Waals surface area contributed by atoms with Gasteiger partial charge in [-0.2, -0.15) is 9.40 Å². The van der Waals surface area contributed by atoms with Gasteiger partial charge in [-0.1, -0.05) is 0 Å². The third-order valence-electron chi connectivity index (χ3n) is 4.90. The number of hydrogen-bond acceptors (Lipinski definition) is 4. The van der Waals surface area contributed by atoms with Crippen LogP contribution in [-0.4, -0.2) is 47.5 Å². The van der Waals surface area contributed by atoms with Crippen LogP contribution in [0.3, 0.4) is 0 Å². The van der Waals surface area contributed by atoms with E-state index in [0.717, 1.165) is 36.6 Å². The highest BCUT2D eigenvalue weighted by Crippen LogP contribution is 2.37. The Morgan fingerprint density at radius 3 is 2.73 bits per heavy atom. The van der Waals surface area contributed by atoms with Crippen LogP contribution in [0.1, 0.15) is 42.9 Å². The van der Waals surface area contributed by atoms with Crippen molar-refractivity contribution in [3.8, 4) is 0 Å². The van der Waals surface area contributed by atoms with E-state index in [1.165, 1.54) is 12.8 Å². The lowest BCUT2D eigenvalue weighted by Gasteiger charge is -2.32. The number of aryl methyl sites for hydroxylation is 1. The van der Waals surface area contributed by atoms with E-state index in [0.29, 0.717) is 19.7 Å². The van der Waals surface area contributed by atoms with Crippen molar-refractivity contribution in [2.75, 3.05) is 19.8 Å². The topological polar surface area (TPSA) is 64.4 Å². The molecule has 2 saturated carbocycles. The van der Waals surface area contributed by atoms with Gasteiger partial charge in [-0.05, 0) is 31.6 Å². The molecule has 1 aliphatic heterocycles. The molecule has 1 atom stereocenters. The predicted molar refractivity (Wildman–Crippen MR) is 81.8 cm³/mol. The normalized spacial score (nSPS) is 26.1. The van der Waals surface area contributed by atoms with Crippen molar-refractivity contribution in [1.29, 1.82) is 0 Å². The molecular formula is C15H23N3O3S. The minimum absolute atomic E-state index is 0.0866. The van der Waals surface area contributed by atoms with Crippen LogP contribution in [-0.2, 0) is 28.4 Å². The van der Waals surface area contributed by atoms with Gasteiger partial charge in [0.1, 0.15) is 0 Å². The lowest BCUT2D eigenvalue weighted by molar-refractivity contribution is 0.0997. The second kappa shape index (κ2) is 5.32. The summed E-state index contributed by atoms with van der Waals surface area (Å²) in [6, 6.07) is 0. The molecule has 0 radical (unpaired) electrons. The zero-order valence-corrected chi connectivity index (χ0v) is 13.8. The second-order valence-corrected chi connectivity index (χ2v) is 9.11. The van der Waals surface area contributed by atoms with Gasteiger partial charge in [0.05, 0.1) is 18.1 Å². The molecule has 2 heterocycles. The molecule has 0 unspecified atom stereocenters. The number of nitrogens with zero attached hydrogens (tertiary/aromatic N) is 3. The molecule has 122 valence electrons. The molecule has 0 bridgehead atoms. The lowest BCUT2D eigenvalue weighted by atomic mass is 9.99. The first kappa shape index (κ1) is 14.7. The number of fused-ring (bicyclic) bond motifs is 1. The standard InChI is InChI=1S/C15H23N3O3S/c1-17-15-12(6-16-17)7-18(22(19,20)14-4-5-14)8-13(15)10-21-9-11-2-3-11/h6,11,13-14H,2-5,7-10H2,1H3/t13-/m1/s1. The van der Waals surface area contributed by atoms with Crippen molar-refractivity contribution in [3.05, 3.63) is 17.5 Å². The summed E-state index contributed by atoms with van der Waals surface area (Å²) in [6.07, 6.45) is 5.95. The van der Waals surface area contributed by atoms with Crippen LogP contribution in [0.2, 0.25) is 0 Å². The first-order chi connectivity index (χ1) is 10.6. The van der Waals surface area contributed by atoms with E-state index in [1.54, 1.807) is 10.5 Å². The average molecular weight is 325 g/mol. The number of sulfonamides is 1. The van der Waals surface area contributed by atoms with Crippen LogP contribution in [0, 0.1) is 5.92 Å². The predicted octanol–water partition coefficient (Wildman–Crippen LogP) is 1.24. The third-order valence-corrected chi connectivity index (χ3v) is 7.21. The summed E-state index contributed by atoms with van der Waals surface area (Å²) < 4.78 is 34.5. The summed E-state index contributed by atoms with van der Waals surface area (Å²) in [7, 11) is -1.22. The molecule has 0 amide bonds. The minimum atomic E-state index is -3.14. The molecule has 0 N–H and O–H groups in total. The molecule has 6 nitrogen and oxygen atoms in total. The van der Waals surface area contributed by atoms with E-state index in [-0.39, 0.29) is 11.2 Å². The monoisotopic (exact) mass is 325 g/mol. The molecule has 0 spiro atoms. The van der Waals surface area contributed by atoms with Crippen molar-refractivity contribution < 1.29 is 13.2 Å². The number of ether oxygens (including phenoxy) is 1. The number of rotatable bonds is 6. The van der Waals surface area contributed by atoms with Gasteiger partial charge in [-0.25, -0.2) is 8.42 Å². The fourth-order valence-corrected chi connectivity index (χ4v) is 5.15. The largest absolute Gasteiger partial charge is 0.380 e. The molecule has 1 aromatic rings. The molecule has 1 aromatic heterocycles. The summed E-state index contributed by atoms with van der Waals surface area (Å²) in [5.74, 6) is 0.810. The minimum Gasteiger partial charge on any atom is -0.380 e. The van der Waals surface area contributed by atoms with Crippen molar-refractivity contribution in [2.24, 2.45) is 13.0 Å². The fraction of sp³-hybridized carbons (Fsp3) is 0.800. The van der Waals surface area contributed by atoms with E-state index in [9.17, 15) is 8.42 Å². The average Bonchev–Trinajstić information content (AvgIpc) is 3.37. The van der Waals surface area contributed by atoms with E-state index in [1.807, 2.05) is 11.7 Å². The Labute approximate surface area is 131 Å². The van der Waals surface area contributed by atoms with E-state index in [4.69, 9.17) is 4.74 Å². The summed E-state index contributed by atoms with van der Waals surface area (Å²) in [4.78, 5) is 0. The highest BCUT2D eigenvalue weighted by molar-refractivity contribution is 7.90. The van der Waals surface area contributed by atoms with Gasteiger partial charge >= 0.3 is 0 Å². The molecule has 4 rings (SSSR count). The SMILES string of the molecule is Cn1ncc2c1[C@@H](COCC1CC1)CN(S(=O)(=O)C1CC1)C2. The molecule has 2 fully saturated rings. The van der Waals surface area contributed by atoms with Gasteiger partial charge in [-0.3, -0.25) is 4.68 Å². The molecule has 0 aromatic carbocycles. The van der Waals surface area contributed by atoms with Crippen molar-refractivity contribution in [3.63, 3.8) is 0 Å². The summed E-state index contributed by atoms with van der Waals surface area (Å²) in [5, 5.41) is 4.17. The summed E-state index contributed by atoms with van der Waals surface area (Å²) in [6.45, 7) is 2.37. The Morgan fingerprint density at radius 2 is 2.05 bits per heavy atom. The van der Waals surface area contributed by atoms with Crippen molar-refractivity contribution >= 4 is 10.0 Å². The third kappa shape index (κ3) is 2.70. The van der Waals surface area contributed by atoms with E-state index < -0.39 is 10.0 Å². The maximum Gasteiger partial charge on any atom is 0.217 e. The van der Waals surface area contributed by atoms with Crippen molar-refractivity contribution in [1.82, 2.24) is 14.1 Å². The second-order valence-electron chi connectivity index (χ2n) is 6.89. The van der Waals surface area contributed by atoms with E-state index >= 15 is 0 Å². The number of hydrogen-bond donors (Lipinski definition) is 0. The van der Waals surface area contributed by atoms with Crippen LogP contribution >= 0.6 is 0 Å².